The normalized spacial score (nSPS) is 23.5. The molecular formula is C13H14ClN3O3. The summed E-state index contributed by atoms with van der Waals surface area (Å²) >= 11 is 5.91. The van der Waals surface area contributed by atoms with E-state index >= 15 is 0 Å². The minimum atomic E-state index is -0.909. The molecule has 106 valence electrons. The van der Waals surface area contributed by atoms with Crippen LogP contribution in [-0.4, -0.2) is 49.2 Å². The number of fused-ring (bicyclic) bond motifs is 1. The van der Waals surface area contributed by atoms with Crippen LogP contribution >= 0.6 is 11.6 Å². The van der Waals surface area contributed by atoms with Crippen LogP contribution in [0.25, 0.3) is 5.65 Å². The maximum Gasteiger partial charge on any atom is 0.321 e. The lowest BCUT2D eigenvalue weighted by Crippen LogP contribution is -2.35. The summed E-state index contributed by atoms with van der Waals surface area (Å²) < 4.78 is 1.81. The van der Waals surface area contributed by atoms with E-state index in [9.17, 15) is 9.90 Å². The summed E-state index contributed by atoms with van der Waals surface area (Å²) in [6.45, 7) is 0.749. The fourth-order valence-electron chi connectivity index (χ4n) is 2.61. The van der Waals surface area contributed by atoms with Crippen molar-refractivity contribution in [1.82, 2.24) is 14.3 Å². The summed E-state index contributed by atoms with van der Waals surface area (Å²) in [4.78, 5) is 17.3. The second-order valence-electron chi connectivity index (χ2n) is 5.02. The summed E-state index contributed by atoms with van der Waals surface area (Å²) in [6, 6.07) is 2.91. The number of carboxylic acids is 1. The van der Waals surface area contributed by atoms with E-state index in [-0.39, 0.29) is 6.42 Å². The molecule has 20 heavy (non-hydrogen) atoms. The van der Waals surface area contributed by atoms with Crippen molar-refractivity contribution < 1.29 is 15.0 Å². The lowest BCUT2D eigenvalue weighted by Gasteiger charge is -2.19. The number of hydrogen-bond acceptors (Lipinski definition) is 4. The van der Waals surface area contributed by atoms with Gasteiger partial charge < -0.3 is 14.6 Å². The van der Waals surface area contributed by atoms with Gasteiger partial charge in [0.1, 0.15) is 11.7 Å². The first-order chi connectivity index (χ1) is 9.52. The van der Waals surface area contributed by atoms with Gasteiger partial charge in [-0.15, -0.1) is 0 Å². The molecule has 2 unspecified atom stereocenters. The summed E-state index contributed by atoms with van der Waals surface area (Å²) in [5, 5.41) is 19.4. The minimum Gasteiger partial charge on any atom is -0.480 e. The van der Waals surface area contributed by atoms with E-state index in [0.717, 1.165) is 11.3 Å². The van der Waals surface area contributed by atoms with Crippen LogP contribution in [0, 0.1) is 0 Å². The van der Waals surface area contributed by atoms with Crippen LogP contribution < -0.4 is 0 Å². The van der Waals surface area contributed by atoms with E-state index in [1.807, 2.05) is 6.20 Å². The molecule has 6 nitrogen and oxygen atoms in total. The Balaban J connectivity index is 1.83. The summed E-state index contributed by atoms with van der Waals surface area (Å²) in [7, 11) is 0. The first-order valence-corrected chi connectivity index (χ1v) is 6.69. The molecule has 1 aliphatic rings. The van der Waals surface area contributed by atoms with Gasteiger partial charge in [0.15, 0.2) is 0 Å². The third-order valence-electron chi connectivity index (χ3n) is 3.50. The quantitative estimate of drug-likeness (QED) is 0.883. The molecule has 0 aliphatic carbocycles. The number of β-amino-alcohol motifs (C(OH)–C–C–N with tert-alkyl or cyclic N) is 1. The Morgan fingerprint density at radius 1 is 1.45 bits per heavy atom. The number of carbonyl (C=O) groups is 1. The molecule has 1 aliphatic heterocycles. The molecule has 0 spiro atoms. The Kier molecular flexibility index (Phi) is 3.37. The molecule has 3 rings (SSSR count). The zero-order chi connectivity index (χ0) is 14.3. The van der Waals surface area contributed by atoms with E-state index in [1.165, 1.54) is 0 Å². The number of aromatic nitrogens is 2. The number of aliphatic hydroxyl groups excluding tert-OH is 1. The van der Waals surface area contributed by atoms with Crippen LogP contribution in [0.2, 0.25) is 5.02 Å². The maximum absolute atomic E-state index is 11.2. The number of imidazole rings is 1. The number of aliphatic carboxylic acids is 1. The Bertz CT molecular complexity index is 657. The van der Waals surface area contributed by atoms with Crippen molar-refractivity contribution in [3.8, 4) is 0 Å². The number of likely N-dealkylation sites (tertiary alicyclic amines) is 1. The molecule has 0 radical (unpaired) electrons. The number of halogens is 1. The van der Waals surface area contributed by atoms with Gasteiger partial charge in [0.25, 0.3) is 0 Å². The van der Waals surface area contributed by atoms with E-state index in [4.69, 9.17) is 16.7 Å². The van der Waals surface area contributed by atoms with Crippen molar-refractivity contribution in [2.45, 2.75) is 25.1 Å². The third-order valence-corrected chi connectivity index (χ3v) is 3.72. The number of aliphatic hydroxyl groups is 1. The lowest BCUT2D eigenvalue weighted by molar-refractivity contribution is -0.142. The molecule has 0 bridgehead atoms. The van der Waals surface area contributed by atoms with Crippen molar-refractivity contribution in [2.24, 2.45) is 0 Å². The molecule has 1 fully saturated rings. The Morgan fingerprint density at radius 2 is 2.25 bits per heavy atom. The standard InChI is InChI=1S/C13H14ClN3O3/c14-8-1-2-12-15-9(6-17(12)4-8)5-16-7-10(18)3-11(16)13(19)20/h1-2,4,6,10-11,18H,3,5,7H2,(H,19,20). The lowest BCUT2D eigenvalue weighted by atomic mass is 10.2. The van der Waals surface area contributed by atoms with Gasteiger partial charge in [0.05, 0.1) is 16.8 Å². The van der Waals surface area contributed by atoms with Gasteiger partial charge in [-0.1, -0.05) is 11.6 Å². The van der Waals surface area contributed by atoms with Gasteiger partial charge in [0.2, 0.25) is 0 Å². The highest BCUT2D eigenvalue weighted by molar-refractivity contribution is 6.30. The fraction of sp³-hybridized carbons (Fsp3) is 0.385. The molecule has 2 aromatic rings. The number of hydrogen-bond donors (Lipinski definition) is 2. The predicted octanol–water partition coefficient (Wildman–Crippen LogP) is 1.01. The second kappa shape index (κ2) is 5.05. The van der Waals surface area contributed by atoms with Gasteiger partial charge in [-0.2, -0.15) is 0 Å². The third kappa shape index (κ3) is 2.49. The van der Waals surface area contributed by atoms with Gasteiger partial charge in [-0.25, -0.2) is 4.98 Å². The van der Waals surface area contributed by atoms with Crippen LogP contribution in [0.4, 0.5) is 0 Å². The molecule has 0 aromatic carbocycles. The molecule has 2 aromatic heterocycles. The average Bonchev–Trinajstić information content (AvgIpc) is 2.92. The zero-order valence-electron chi connectivity index (χ0n) is 10.6. The van der Waals surface area contributed by atoms with E-state index in [0.29, 0.717) is 18.1 Å². The van der Waals surface area contributed by atoms with Gasteiger partial charge >= 0.3 is 5.97 Å². The Morgan fingerprint density at radius 3 is 3.00 bits per heavy atom. The average molecular weight is 296 g/mol. The zero-order valence-corrected chi connectivity index (χ0v) is 11.4. The topological polar surface area (TPSA) is 78.1 Å². The molecular weight excluding hydrogens is 282 g/mol. The van der Waals surface area contributed by atoms with E-state index < -0.39 is 18.1 Å². The van der Waals surface area contributed by atoms with Crippen molar-refractivity contribution in [3.63, 3.8) is 0 Å². The Labute approximate surface area is 120 Å². The molecule has 2 atom stereocenters. The Hall–Kier alpha value is -1.63. The maximum atomic E-state index is 11.2. The van der Waals surface area contributed by atoms with Crippen LogP contribution in [-0.2, 0) is 11.3 Å². The summed E-state index contributed by atoms with van der Waals surface area (Å²) in [6.07, 6.45) is 3.24. The largest absolute Gasteiger partial charge is 0.480 e. The second-order valence-corrected chi connectivity index (χ2v) is 5.45. The van der Waals surface area contributed by atoms with Crippen molar-refractivity contribution in [3.05, 3.63) is 35.2 Å². The van der Waals surface area contributed by atoms with Gasteiger partial charge in [-0.3, -0.25) is 9.69 Å². The van der Waals surface area contributed by atoms with Gasteiger partial charge in [-0.05, 0) is 12.1 Å². The van der Waals surface area contributed by atoms with Crippen LogP contribution in [0.5, 0.6) is 0 Å². The van der Waals surface area contributed by atoms with E-state index in [1.54, 1.807) is 27.6 Å². The smallest absolute Gasteiger partial charge is 0.321 e. The first kappa shape index (κ1) is 13.4. The molecule has 1 saturated heterocycles. The van der Waals surface area contributed by atoms with Crippen LogP contribution in [0.1, 0.15) is 12.1 Å². The van der Waals surface area contributed by atoms with Crippen molar-refractivity contribution >= 4 is 23.2 Å². The summed E-state index contributed by atoms with van der Waals surface area (Å²) in [5.74, 6) is -0.909. The number of carboxylic acid groups (broad SMARTS) is 1. The van der Waals surface area contributed by atoms with Crippen molar-refractivity contribution in [1.29, 1.82) is 0 Å². The highest BCUT2D eigenvalue weighted by Gasteiger charge is 2.36. The molecule has 0 saturated carbocycles. The first-order valence-electron chi connectivity index (χ1n) is 6.31. The minimum absolute atomic E-state index is 0.258. The van der Waals surface area contributed by atoms with E-state index in [2.05, 4.69) is 4.98 Å². The fourth-order valence-corrected chi connectivity index (χ4v) is 2.78. The highest BCUT2D eigenvalue weighted by atomic mass is 35.5. The molecule has 0 amide bonds. The number of nitrogens with zero attached hydrogens (tertiary/aromatic N) is 3. The predicted molar refractivity (Wildman–Crippen MR) is 72.7 cm³/mol. The highest BCUT2D eigenvalue weighted by Crippen LogP contribution is 2.21. The molecule has 7 heteroatoms. The van der Waals surface area contributed by atoms with Crippen LogP contribution in [0.3, 0.4) is 0 Å². The van der Waals surface area contributed by atoms with Crippen molar-refractivity contribution in [2.75, 3.05) is 6.54 Å². The monoisotopic (exact) mass is 295 g/mol. The van der Waals surface area contributed by atoms with Crippen LogP contribution in [0.15, 0.2) is 24.5 Å². The van der Waals surface area contributed by atoms with Gasteiger partial charge in [0, 0.05) is 31.9 Å². The SMILES string of the molecule is O=C(O)C1CC(O)CN1Cc1cn2cc(Cl)ccc2n1. The molecule has 2 N–H and O–H groups in total. The molecule has 3 heterocycles. The number of pyridine rings is 1. The summed E-state index contributed by atoms with van der Waals surface area (Å²) in [5.41, 5.74) is 1.52. The number of rotatable bonds is 3.